The van der Waals surface area contributed by atoms with Crippen molar-refractivity contribution in [3.05, 3.63) is 36.7 Å². The minimum Gasteiger partial charge on any atom is -0.494 e. The molecule has 2 aromatic rings. The molecule has 0 unspecified atom stereocenters. The maximum absolute atomic E-state index is 14.0. The normalized spacial score (nSPS) is 13.5. The van der Waals surface area contributed by atoms with Crippen LogP contribution in [0.3, 0.4) is 0 Å². The largest absolute Gasteiger partial charge is 0.494 e. The van der Waals surface area contributed by atoms with E-state index in [1.54, 1.807) is 0 Å². The molecule has 2 atom stereocenters. The van der Waals surface area contributed by atoms with Gasteiger partial charge in [0.05, 0.1) is 19.0 Å². The molecule has 0 radical (unpaired) electrons. The van der Waals surface area contributed by atoms with E-state index in [-0.39, 0.29) is 13.0 Å². The Bertz CT molecular complexity index is 803. The van der Waals surface area contributed by atoms with E-state index < -0.39 is 20.4 Å². The number of benzene rings is 1. The molecule has 0 fully saturated rings. The third-order valence-corrected chi connectivity index (χ3v) is 9.63. The molecular weight excluding hydrogens is 450 g/mol. The van der Waals surface area contributed by atoms with Crippen molar-refractivity contribution in [2.24, 2.45) is 0 Å². The summed E-state index contributed by atoms with van der Waals surface area (Å²) in [5.74, 6) is 1.71. The molecule has 0 N–H and O–H groups in total. The molecule has 0 spiro atoms. The second kappa shape index (κ2) is 15.1. The molecule has 1 aromatic heterocycles. The third kappa shape index (κ3) is 10.5. The molecule has 0 amide bonds. The lowest BCUT2D eigenvalue weighted by atomic mass is 10.1. The summed E-state index contributed by atoms with van der Waals surface area (Å²) in [5, 5.41) is 0. The smallest absolute Gasteiger partial charge is 0.165 e. The first-order chi connectivity index (χ1) is 16.3. The standard InChI is InChI=1S/C27H42F2N2O2Si/c1-5-7-8-11-25(28)26(29)21-33-24-19-30-27(31-20-24)22-12-14-23(15-13-22)32-16-9-10-18-34(3,4)17-6-2/h12-15,19-20,25-26H,5-11,16-18,21H2,1-4H3/t25-,26-/m1/s1. The van der Waals surface area contributed by atoms with Gasteiger partial charge in [0.1, 0.15) is 18.5 Å². The molecule has 0 bridgehead atoms. The van der Waals surface area contributed by atoms with Crippen LogP contribution in [0.25, 0.3) is 11.4 Å². The minimum atomic E-state index is -1.64. The van der Waals surface area contributed by atoms with E-state index >= 15 is 0 Å². The van der Waals surface area contributed by atoms with E-state index in [1.165, 1.54) is 37.3 Å². The first-order valence-electron chi connectivity index (χ1n) is 12.8. The molecule has 190 valence electrons. The van der Waals surface area contributed by atoms with Crippen molar-refractivity contribution in [2.45, 2.75) is 96.3 Å². The summed E-state index contributed by atoms with van der Waals surface area (Å²) < 4.78 is 39.0. The van der Waals surface area contributed by atoms with Crippen molar-refractivity contribution in [3.8, 4) is 22.9 Å². The summed E-state index contributed by atoms with van der Waals surface area (Å²) in [6.07, 6.45) is 6.26. The molecule has 0 aliphatic rings. The fourth-order valence-electron chi connectivity index (χ4n) is 3.99. The van der Waals surface area contributed by atoms with E-state index in [1.807, 2.05) is 31.2 Å². The Labute approximate surface area is 205 Å². The van der Waals surface area contributed by atoms with Gasteiger partial charge in [-0.25, -0.2) is 18.7 Å². The molecule has 0 saturated heterocycles. The zero-order valence-electron chi connectivity index (χ0n) is 21.4. The van der Waals surface area contributed by atoms with Crippen LogP contribution in [-0.4, -0.2) is 43.6 Å². The van der Waals surface area contributed by atoms with Crippen LogP contribution in [0, 0.1) is 0 Å². The second-order valence-electron chi connectivity index (χ2n) is 9.83. The molecule has 0 saturated carbocycles. The molecular formula is C27H42F2N2O2Si. The number of aromatic nitrogens is 2. The van der Waals surface area contributed by atoms with Crippen LogP contribution < -0.4 is 9.47 Å². The van der Waals surface area contributed by atoms with Crippen LogP contribution in [0.1, 0.15) is 58.8 Å². The summed E-state index contributed by atoms with van der Waals surface area (Å²) in [5.41, 5.74) is 0.856. The second-order valence-corrected chi connectivity index (χ2v) is 15.2. The average molecular weight is 493 g/mol. The fraction of sp³-hybridized carbons (Fsp3) is 0.630. The van der Waals surface area contributed by atoms with Crippen LogP contribution in [-0.2, 0) is 0 Å². The minimum absolute atomic E-state index is 0.228. The zero-order chi connectivity index (χ0) is 24.8. The molecule has 2 rings (SSSR count). The summed E-state index contributed by atoms with van der Waals surface area (Å²) in [7, 11) is -1.02. The predicted octanol–water partition coefficient (Wildman–Crippen LogP) is 8.06. The topological polar surface area (TPSA) is 44.2 Å². The highest BCUT2D eigenvalue weighted by molar-refractivity contribution is 6.77. The zero-order valence-corrected chi connectivity index (χ0v) is 22.4. The number of hydrogen-bond donors (Lipinski definition) is 0. The van der Waals surface area contributed by atoms with Gasteiger partial charge >= 0.3 is 0 Å². The number of unbranched alkanes of at least 4 members (excludes halogenated alkanes) is 3. The SMILES string of the molecule is CCCCC[C@@H](F)[C@H](F)COc1cnc(-c2ccc(OCCCC[Si](C)(C)CCC)cc2)nc1. The Morgan fingerprint density at radius 3 is 2.15 bits per heavy atom. The highest BCUT2D eigenvalue weighted by Crippen LogP contribution is 2.23. The van der Waals surface area contributed by atoms with Gasteiger partial charge in [0.25, 0.3) is 0 Å². The van der Waals surface area contributed by atoms with Crippen LogP contribution >= 0.6 is 0 Å². The van der Waals surface area contributed by atoms with Crippen molar-refractivity contribution in [1.29, 1.82) is 0 Å². The fourth-order valence-corrected chi connectivity index (χ4v) is 6.80. The Morgan fingerprint density at radius 1 is 0.794 bits per heavy atom. The lowest BCUT2D eigenvalue weighted by molar-refractivity contribution is 0.101. The van der Waals surface area contributed by atoms with Gasteiger partial charge in [-0.1, -0.05) is 71.1 Å². The highest BCUT2D eigenvalue weighted by Gasteiger charge is 2.21. The van der Waals surface area contributed by atoms with Gasteiger partial charge in [-0.15, -0.1) is 0 Å². The van der Waals surface area contributed by atoms with Crippen molar-refractivity contribution >= 4 is 8.07 Å². The van der Waals surface area contributed by atoms with E-state index in [4.69, 9.17) is 9.47 Å². The number of halogens is 2. The average Bonchev–Trinajstić information content (AvgIpc) is 2.83. The lowest BCUT2D eigenvalue weighted by Crippen LogP contribution is -2.24. The quantitative estimate of drug-likeness (QED) is 0.165. The Balaban J connectivity index is 1.74. The summed E-state index contributed by atoms with van der Waals surface area (Å²) >= 11 is 0. The highest BCUT2D eigenvalue weighted by atomic mass is 28.3. The number of ether oxygens (including phenoxy) is 2. The molecule has 1 heterocycles. The third-order valence-electron chi connectivity index (χ3n) is 6.07. The molecule has 4 nitrogen and oxygen atoms in total. The van der Waals surface area contributed by atoms with Gasteiger partial charge in [-0.2, -0.15) is 0 Å². The van der Waals surface area contributed by atoms with E-state index in [9.17, 15) is 8.78 Å². The Hall–Kier alpha value is -2.02. The van der Waals surface area contributed by atoms with Crippen molar-refractivity contribution in [2.75, 3.05) is 13.2 Å². The van der Waals surface area contributed by atoms with Crippen LogP contribution in [0.5, 0.6) is 11.5 Å². The Morgan fingerprint density at radius 2 is 1.50 bits per heavy atom. The number of hydrogen-bond acceptors (Lipinski definition) is 4. The first kappa shape index (κ1) is 28.2. The maximum Gasteiger partial charge on any atom is 0.165 e. The van der Waals surface area contributed by atoms with E-state index in [0.29, 0.717) is 18.0 Å². The maximum atomic E-state index is 14.0. The van der Waals surface area contributed by atoms with Gasteiger partial charge in [-0.05, 0) is 37.1 Å². The van der Waals surface area contributed by atoms with Crippen molar-refractivity contribution in [3.63, 3.8) is 0 Å². The molecule has 34 heavy (non-hydrogen) atoms. The number of alkyl halides is 2. The van der Waals surface area contributed by atoms with Gasteiger partial charge < -0.3 is 9.47 Å². The lowest BCUT2D eigenvalue weighted by Gasteiger charge is -2.21. The number of rotatable bonds is 17. The van der Waals surface area contributed by atoms with Crippen LogP contribution in [0.2, 0.25) is 25.2 Å². The molecule has 7 heteroatoms. The van der Waals surface area contributed by atoms with Gasteiger partial charge in [-0.3, -0.25) is 0 Å². The van der Waals surface area contributed by atoms with Crippen molar-refractivity contribution in [1.82, 2.24) is 9.97 Å². The van der Waals surface area contributed by atoms with Gasteiger partial charge in [0, 0.05) is 13.6 Å². The van der Waals surface area contributed by atoms with Gasteiger partial charge in [0.15, 0.2) is 17.7 Å². The van der Waals surface area contributed by atoms with Gasteiger partial charge in [0.2, 0.25) is 0 Å². The summed E-state index contributed by atoms with van der Waals surface area (Å²) in [6, 6.07) is 10.4. The molecule has 0 aliphatic heterocycles. The summed E-state index contributed by atoms with van der Waals surface area (Å²) in [4.78, 5) is 8.59. The van der Waals surface area contributed by atoms with Crippen LogP contribution in [0.15, 0.2) is 36.7 Å². The first-order valence-corrected chi connectivity index (χ1v) is 16.2. The van der Waals surface area contributed by atoms with Crippen LogP contribution in [0.4, 0.5) is 8.78 Å². The molecule has 1 aromatic carbocycles. The van der Waals surface area contributed by atoms with Crippen molar-refractivity contribution < 1.29 is 18.3 Å². The Kier molecular flexibility index (Phi) is 12.5. The molecule has 0 aliphatic carbocycles. The number of nitrogens with zero attached hydrogens (tertiary/aromatic N) is 2. The van der Waals surface area contributed by atoms with E-state index in [0.717, 1.165) is 37.2 Å². The van der Waals surface area contributed by atoms with E-state index in [2.05, 4.69) is 30.0 Å². The predicted molar refractivity (Wildman–Crippen MR) is 139 cm³/mol. The summed E-state index contributed by atoms with van der Waals surface area (Å²) in [6.45, 7) is 9.65. The monoisotopic (exact) mass is 492 g/mol.